The van der Waals surface area contributed by atoms with Gasteiger partial charge in [-0.1, -0.05) is 13.8 Å². The quantitative estimate of drug-likeness (QED) is 0.201. The van der Waals surface area contributed by atoms with Gasteiger partial charge in [-0.15, -0.1) is 0 Å². The number of rotatable bonds is 5. The number of hydrogen-bond acceptors (Lipinski definition) is 12. The molecule has 11 atom stereocenters. The van der Waals surface area contributed by atoms with Gasteiger partial charge in [0.2, 0.25) is 0 Å². The van der Waals surface area contributed by atoms with Crippen LogP contribution in [0.25, 0.3) is 0 Å². The predicted molar refractivity (Wildman–Crippen MR) is 141 cm³/mol. The van der Waals surface area contributed by atoms with E-state index >= 15 is 0 Å². The molecule has 233 valence electrons. The monoisotopic (exact) mass is 817 g/mol. The molecule has 5 rings (SSSR count). The van der Waals surface area contributed by atoms with Crippen LogP contribution in [0.5, 0.6) is 0 Å². The zero-order valence-corrected chi connectivity index (χ0v) is 29.5. The maximum Gasteiger partial charge on any atom is 0.336 e. The molecule has 1 saturated heterocycles. The van der Waals surface area contributed by atoms with E-state index in [1.807, 2.05) is 0 Å². The molecule has 13 heteroatoms. The molecule has 5 N–H and O–H groups in total. The van der Waals surface area contributed by atoms with Gasteiger partial charge in [0.15, 0.2) is 11.9 Å². The molecule has 2 bridgehead atoms. The summed E-state index contributed by atoms with van der Waals surface area (Å²) in [6.45, 7) is 12.8. The van der Waals surface area contributed by atoms with Crippen molar-refractivity contribution in [3.05, 3.63) is 42.2 Å². The summed E-state index contributed by atoms with van der Waals surface area (Å²) in [5.74, 6) is -5.41. The number of carbonyl (C=O) groups is 3. The van der Waals surface area contributed by atoms with Crippen LogP contribution in [-0.2, 0) is 28.6 Å². The molecule has 0 amide bonds. The molecule has 12 nitrogen and oxygen atoms in total. The second-order valence-electron chi connectivity index (χ2n) is 12.9. The smallest absolute Gasteiger partial charge is 0.336 e. The number of aliphatic hydroxyl groups is 5. The Morgan fingerprint density at radius 1 is 1.16 bits per heavy atom. The van der Waals surface area contributed by atoms with E-state index in [4.69, 9.17) is 25.6 Å². The molecule has 1 aromatic heterocycles. The average Bonchev–Trinajstić information content (AvgIpc) is 3.45. The summed E-state index contributed by atoms with van der Waals surface area (Å²) in [7, 11) is 0. The van der Waals surface area contributed by atoms with Crippen molar-refractivity contribution in [1.29, 1.82) is 0 Å². The molecule has 3 fully saturated rings. The number of fused-ring (bicyclic) bond motifs is 5. The van der Waals surface area contributed by atoms with E-state index in [1.165, 1.54) is 32.2 Å². The number of aliphatic hydroxyl groups excluding tert-OH is 3. The minimum Gasteiger partial charge on any atom is -0.469 e. The molecule has 1 aromatic rings. The summed E-state index contributed by atoms with van der Waals surface area (Å²) in [6, 6.07) is 3.01. The van der Waals surface area contributed by atoms with E-state index in [2.05, 4.69) is 0 Å². The number of Topliss-reactive ketones (excluding diaryl/α,β-unsaturated/α-hetero) is 1. The van der Waals surface area contributed by atoms with Crippen LogP contribution in [0.1, 0.15) is 59.1 Å². The zero-order valence-electron chi connectivity index (χ0n) is 24.7. The normalized spacial score (nSPS) is 41.2. The summed E-state index contributed by atoms with van der Waals surface area (Å²) in [5, 5.41) is 58.1. The van der Waals surface area contributed by atoms with Gasteiger partial charge in [-0.3, -0.25) is 9.59 Å². The first-order valence-corrected chi connectivity index (χ1v) is 14.0. The van der Waals surface area contributed by atoms with Crippen molar-refractivity contribution >= 4 is 17.7 Å². The van der Waals surface area contributed by atoms with Crippen molar-refractivity contribution in [1.82, 2.24) is 0 Å². The van der Waals surface area contributed by atoms with Gasteiger partial charge in [0.1, 0.15) is 35.3 Å². The summed E-state index contributed by atoms with van der Waals surface area (Å²) < 4.78 is 22.1. The molecule has 4 aliphatic rings. The molecule has 0 aromatic carbocycles. The molecule has 2 heterocycles. The Balaban J connectivity index is 0.00000423. The molecular weight excluding hydrogens is 779 g/mol. The van der Waals surface area contributed by atoms with Gasteiger partial charge in [-0.05, 0) is 44.1 Å². The topological polar surface area (TPSA) is 193 Å². The van der Waals surface area contributed by atoms with Crippen LogP contribution in [0.3, 0.4) is 0 Å². The number of furan rings is 1. The Morgan fingerprint density at radius 2 is 1.81 bits per heavy atom. The molecule has 0 spiro atoms. The van der Waals surface area contributed by atoms with Gasteiger partial charge in [-0.2, -0.15) is 0 Å². The van der Waals surface area contributed by atoms with Crippen LogP contribution in [0.2, 0.25) is 0 Å². The third-order valence-corrected chi connectivity index (χ3v) is 10.4. The van der Waals surface area contributed by atoms with Crippen molar-refractivity contribution in [2.75, 3.05) is 6.61 Å². The van der Waals surface area contributed by atoms with Crippen LogP contribution < -0.4 is 0 Å². The van der Waals surface area contributed by atoms with Gasteiger partial charge in [0.05, 0.1) is 36.4 Å². The molecule has 0 unspecified atom stereocenters. The molecule has 3 aliphatic carbocycles. The zero-order chi connectivity index (χ0) is 31.2. The standard InChI is InChI=1S/C30H38O12.Ac/c1-13-17(42-26(36)21(33)14(2)16-8-7-9-39-16)11-30(38)25(41-15(3)31)23-28(6,18(32)10-19-29(23,37)12-40-19)24(35)22(34)20(13)27(30,4)5;/h2,7-9,14,17-19,21-23,25,32-34,37-38H,10-12H2,1,3-6H3;/t14-,17-,18-,19+,21+,22+,23-,25-,28+,29-,30+;/m0./s1. The van der Waals surface area contributed by atoms with Crippen LogP contribution in [0.15, 0.2) is 34.0 Å². The van der Waals surface area contributed by atoms with Crippen LogP contribution in [0.4, 0.5) is 0 Å². The average molecular weight is 818 g/mol. The van der Waals surface area contributed by atoms with Crippen LogP contribution in [-0.4, -0.2) is 97.7 Å². The first kappa shape index (κ1) is 34.7. The second-order valence-corrected chi connectivity index (χ2v) is 12.9. The van der Waals surface area contributed by atoms with Gasteiger partial charge < -0.3 is 44.2 Å². The molecule has 2 saturated carbocycles. The van der Waals surface area contributed by atoms with Gasteiger partial charge in [0, 0.05) is 75.2 Å². The van der Waals surface area contributed by atoms with Crippen LogP contribution in [0, 0.1) is 67.7 Å². The third kappa shape index (κ3) is 4.92. The third-order valence-electron chi connectivity index (χ3n) is 10.4. The van der Waals surface area contributed by atoms with E-state index in [-0.39, 0.29) is 74.0 Å². The van der Waals surface area contributed by atoms with E-state index in [0.29, 0.717) is 0 Å². The van der Waals surface area contributed by atoms with Crippen molar-refractivity contribution in [3.63, 3.8) is 0 Å². The van der Waals surface area contributed by atoms with E-state index in [1.54, 1.807) is 13.8 Å². The number of ether oxygens (including phenoxy) is 3. The Hall–Kier alpha value is -1.17. The minimum absolute atomic E-state index is 0. The minimum atomic E-state index is -2.17. The van der Waals surface area contributed by atoms with Crippen molar-refractivity contribution in [3.8, 4) is 0 Å². The summed E-state index contributed by atoms with van der Waals surface area (Å²) in [5.41, 5.74) is -7.10. The maximum atomic E-state index is 14.2. The predicted octanol–water partition coefficient (Wildman–Crippen LogP) is 0.217. The number of hydrogen-bond donors (Lipinski definition) is 5. The summed E-state index contributed by atoms with van der Waals surface area (Å²) >= 11 is 0. The SMILES string of the molecule is [Ac].[CH][C@@H](c1ccco1)[C@@H](O)C(=O)O[C@H]1C[C@@]2(O)[C@@H](OC(C)=O)[C@@H]3[C@]4(O)CO[C@@H]4C[C@H](O)[C@@]3(C)C(=O)[C@H](O)C(=C1C)C2(C)C. The van der Waals surface area contributed by atoms with Gasteiger partial charge in [-0.25, -0.2) is 4.79 Å². The molecule has 43 heavy (non-hydrogen) atoms. The van der Waals surface area contributed by atoms with Crippen molar-refractivity contribution in [2.45, 2.75) is 101 Å². The largest absolute Gasteiger partial charge is 0.469 e. The Morgan fingerprint density at radius 3 is 2.35 bits per heavy atom. The number of ketones is 1. The summed E-state index contributed by atoms with van der Waals surface area (Å²) in [6.07, 6.45) is -8.27. The maximum absolute atomic E-state index is 14.2. The molecule has 3 radical (unpaired) electrons. The van der Waals surface area contributed by atoms with E-state index < -0.39 is 94.6 Å². The molecule has 1 aliphatic heterocycles. The van der Waals surface area contributed by atoms with Gasteiger partial charge >= 0.3 is 11.9 Å². The number of esters is 2. The molecular formula is C30H38AcO12. The van der Waals surface area contributed by atoms with Crippen LogP contribution >= 0.6 is 0 Å². The Labute approximate surface area is 285 Å². The van der Waals surface area contributed by atoms with Crippen molar-refractivity contribution in [2.24, 2.45) is 16.7 Å². The fraction of sp³-hybridized carbons (Fsp3) is 0.667. The number of carbonyl (C=O) groups excluding carboxylic acids is 3. The first-order chi connectivity index (χ1) is 19.4. The second kappa shape index (κ2) is 11.6. The fourth-order valence-corrected chi connectivity index (χ4v) is 7.79. The van der Waals surface area contributed by atoms with Crippen molar-refractivity contribution < 1.29 is 103 Å². The Bertz CT molecular complexity index is 1310. The fourth-order valence-electron chi connectivity index (χ4n) is 7.79. The summed E-state index contributed by atoms with van der Waals surface area (Å²) in [4.78, 5) is 39.9. The van der Waals surface area contributed by atoms with Gasteiger partial charge in [0.25, 0.3) is 0 Å². The van der Waals surface area contributed by atoms with E-state index in [9.17, 15) is 39.9 Å². The van der Waals surface area contributed by atoms with E-state index in [0.717, 1.165) is 6.92 Å². The first-order valence-electron chi connectivity index (χ1n) is 14.0. The Kier molecular flexibility index (Phi) is 9.34.